The van der Waals surface area contributed by atoms with Crippen LogP contribution in [0.2, 0.25) is 0 Å². The first kappa shape index (κ1) is 17.1. The van der Waals surface area contributed by atoms with Crippen LogP contribution >= 0.6 is 0 Å². The molecule has 0 radical (unpaired) electrons. The third-order valence-corrected chi connectivity index (χ3v) is 3.37. The molecule has 0 atom stereocenters. The maximum absolute atomic E-state index is 12.5. The smallest absolute Gasteiger partial charge is 0.255 e. The molecule has 7 nitrogen and oxygen atoms in total. The van der Waals surface area contributed by atoms with Crippen molar-refractivity contribution in [1.29, 1.82) is 0 Å². The summed E-state index contributed by atoms with van der Waals surface area (Å²) in [5, 5.41) is 2.66. The number of primary amides is 1. The summed E-state index contributed by atoms with van der Waals surface area (Å²) in [5.41, 5.74) is 6.14. The van der Waals surface area contributed by atoms with Crippen LogP contribution in [0.1, 0.15) is 20.7 Å². The average Bonchev–Trinajstić information content (AvgIpc) is 2.60. The molecule has 0 fully saturated rings. The highest BCUT2D eigenvalue weighted by atomic mass is 16.5. The number of ether oxygens (including phenoxy) is 3. The molecule has 2 rings (SSSR count). The molecular weight excluding hydrogens is 312 g/mol. The van der Waals surface area contributed by atoms with Gasteiger partial charge in [-0.3, -0.25) is 9.59 Å². The number of amides is 2. The van der Waals surface area contributed by atoms with E-state index in [0.29, 0.717) is 22.9 Å². The van der Waals surface area contributed by atoms with Gasteiger partial charge in [-0.1, -0.05) is 12.1 Å². The summed E-state index contributed by atoms with van der Waals surface area (Å²) >= 11 is 0. The molecule has 0 heterocycles. The Balaban J connectivity index is 2.39. The van der Waals surface area contributed by atoms with E-state index in [4.69, 9.17) is 19.9 Å². The quantitative estimate of drug-likeness (QED) is 0.844. The fourth-order valence-electron chi connectivity index (χ4n) is 2.21. The monoisotopic (exact) mass is 330 g/mol. The Morgan fingerprint density at radius 3 is 2.04 bits per heavy atom. The Bertz CT molecular complexity index is 748. The van der Waals surface area contributed by atoms with Crippen molar-refractivity contribution in [2.24, 2.45) is 5.73 Å². The van der Waals surface area contributed by atoms with Crippen molar-refractivity contribution < 1.29 is 23.8 Å². The third kappa shape index (κ3) is 3.40. The molecule has 0 unspecified atom stereocenters. The van der Waals surface area contributed by atoms with E-state index < -0.39 is 11.8 Å². The molecule has 0 saturated carbocycles. The standard InChI is InChI=1S/C17H18N2O5/c1-22-13-8-10(9-14(23-2)15(13)24-3)17(21)19-12-7-5-4-6-11(12)16(18)20/h4-9H,1-3H3,(H2,18,20)(H,19,21). The van der Waals surface area contributed by atoms with Crippen LogP contribution in [0.4, 0.5) is 5.69 Å². The van der Waals surface area contributed by atoms with Gasteiger partial charge in [0.25, 0.3) is 11.8 Å². The van der Waals surface area contributed by atoms with Crippen molar-refractivity contribution in [2.75, 3.05) is 26.6 Å². The molecule has 2 amide bonds. The lowest BCUT2D eigenvalue weighted by Crippen LogP contribution is -2.18. The normalized spacial score (nSPS) is 9.96. The zero-order chi connectivity index (χ0) is 17.7. The molecular formula is C17H18N2O5. The molecule has 126 valence electrons. The van der Waals surface area contributed by atoms with E-state index >= 15 is 0 Å². The largest absolute Gasteiger partial charge is 0.493 e. The zero-order valence-corrected chi connectivity index (χ0v) is 13.6. The number of benzene rings is 2. The minimum Gasteiger partial charge on any atom is -0.493 e. The van der Waals surface area contributed by atoms with Crippen molar-refractivity contribution in [3.8, 4) is 17.2 Å². The number of carbonyl (C=O) groups is 2. The number of hydrogen-bond acceptors (Lipinski definition) is 5. The number of nitrogens with one attached hydrogen (secondary N) is 1. The van der Waals surface area contributed by atoms with E-state index in [2.05, 4.69) is 5.32 Å². The maximum atomic E-state index is 12.5. The molecule has 0 aliphatic carbocycles. The third-order valence-electron chi connectivity index (χ3n) is 3.37. The minimum atomic E-state index is -0.629. The van der Waals surface area contributed by atoms with E-state index in [1.165, 1.54) is 39.5 Å². The molecule has 0 spiro atoms. The Kier molecular flexibility index (Phi) is 5.26. The fraction of sp³-hybridized carbons (Fsp3) is 0.176. The lowest BCUT2D eigenvalue weighted by Gasteiger charge is -2.14. The SMILES string of the molecule is COc1cc(C(=O)Nc2ccccc2C(N)=O)cc(OC)c1OC. The Labute approximate surface area is 139 Å². The topological polar surface area (TPSA) is 99.9 Å². The first-order valence-electron chi connectivity index (χ1n) is 7.02. The zero-order valence-electron chi connectivity index (χ0n) is 13.6. The van der Waals surface area contributed by atoms with E-state index in [0.717, 1.165) is 0 Å². The predicted molar refractivity (Wildman–Crippen MR) is 89.0 cm³/mol. The summed E-state index contributed by atoms with van der Waals surface area (Å²) < 4.78 is 15.7. The molecule has 24 heavy (non-hydrogen) atoms. The molecule has 0 aliphatic heterocycles. The number of rotatable bonds is 6. The van der Waals surface area contributed by atoms with Gasteiger partial charge in [-0.2, -0.15) is 0 Å². The van der Waals surface area contributed by atoms with Gasteiger partial charge < -0.3 is 25.3 Å². The van der Waals surface area contributed by atoms with E-state index in [1.54, 1.807) is 18.2 Å². The molecule has 3 N–H and O–H groups in total. The molecule has 7 heteroatoms. The maximum Gasteiger partial charge on any atom is 0.255 e. The van der Waals surface area contributed by atoms with Crippen molar-refractivity contribution in [3.05, 3.63) is 47.5 Å². The van der Waals surface area contributed by atoms with Crippen LogP contribution in [0.15, 0.2) is 36.4 Å². The van der Waals surface area contributed by atoms with Gasteiger partial charge in [0.15, 0.2) is 11.5 Å². The van der Waals surface area contributed by atoms with Gasteiger partial charge in [0.2, 0.25) is 5.75 Å². The average molecular weight is 330 g/mol. The molecule has 2 aromatic carbocycles. The summed E-state index contributed by atoms with van der Waals surface area (Å²) in [7, 11) is 4.39. The van der Waals surface area contributed by atoms with Crippen LogP contribution in [-0.2, 0) is 0 Å². The van der Waals surface area contributed by atoms with Gasteiger partial charge in [-0.15, -0.1) is 0 Å². The number of para-hydroxylation sites is 1. The highest BCUT2D eigenvalue weighted by Crippen LogP contribution is 2.38. The van der Waals surface area contributed by atoms with Crippen molar-refractivity contribution in [2.45, 2.75) is 0 Å². The van der Waals surface area contributed by atoms with Crippen LogP contribution in [0.3, 0.4) is 0 Å². The minimum absolute atomic E-state index is 0.221. The predicted octanol–water partition coefficient (Wildman–Crippen LogP) is 2.06. The summed E-state index contributed by atoms with van der Waals surface area (Å²) in [6.07, 6.45) is 0. The second-order valence-electron chi connectivity index (χ2n) is 4.78. The van der Waals surface area contributed by atoms with E-state index in [9.17, 15) is 9.59 Å². The summed E-state index contributed by atoms with van der Waals surface area (Å²) in [5.74, 6) is 0.0169. The Hall–Kier alpha value is -3.22. The number of nitrogens with two attached hydrogens (primary N) is 1. The summed E-state index contributed by atoms with van der Waals surface area (Å²) in [4.78, 5) is 23.9. The Morgan fingerprint density at radius 1 is 0.958 bits per heavy atom. The highest BCUT2D eigenvalue weighted by molar-refractivity contribution is 6.09. The Morgan fingerprint density at radius 2 is 1.54 bits per heavy atom. The molecule has 0 aromatic heterocycles. The number of hydrogen-bond donors (Lipinski definition) is 2. The van der Waals surface area contributed by atoms with E-state index in [-0.39, 0.29) is 11.1 Å². The lowest BCUT2D eigenvalue weighted by molar-refractivity contribution is 0.100. The number of anilines is 1. The first-order valence-corrected chi connectivity index (χ1v) is 7.02. The van der Waals surface area contributed by atoms with Crippen molar-refractivity contribution in [1.82, 2.24) is 0 Å². The highest BCUT2D eigenvalue weighted by Gasteiger charge is 2.18. The van der Waals surface area contributed by atoms with E-state index in [1.807, 2.05) is 0 Å². The molecule has 0 saturated heterocycles. The van der Waals surface area contributed by atoms with Gasteiger partial charge in [0, 0.05) is 5.56 Å². The lowest BCUT2D eigenvalue weighted by atomic mass is 10.1. The summed E-state index contributed by atoms with van der Waals surface area (Å²) in [6, 6.07) is 9.52. The van der Waals surface area contributed by atoms with Crippen LogP contribution in [0.5, 0.6) is 17.2 Å². The van der Waals surface area contributed by atoms with Crippen LogP contribution in [0, 0.1) is 0 Å². The van der Waals surface area contributed by atoms with Crippen LogP contribution in [0.25, 0.3) is 0 Å². The summed E-state index contributed by atoms with van der Waals surface area (Å²) in [6.45, 7) is 0. The van der Waals surface area contributed by atoms with Crippen LogP contribution < -0.4 is 25.3 Å². The van der Waals surface area contributed by atoms with Crippen molar-refractivity contribution >= 4 is 17.5 Å². The molecule has 0 bridgehead atoms. The van der Waals surface area contributed by atoms with Crippen molar-refractivity contribution in [3.63, 3.8) is 0 Å². The van der Waals surface area contributed by atoms with Gasteiger partial charge in [0.05, 0.1) is 32.6 Å². The van der Waals surface area contributed by atoms with Gasteiger partial charge in [-0.05, 0) is 24.3 Å². The second-order valence-corrected chi connectivity index (χ2v) is 4.78. The van der Waals surface area contributed by atoms with Crippen LogP contribution in [-0.4, -0.2) is 33.1 Å². The first-order chi connectivity index (χ1) is 11.5. The van der Waals surface area contributed by atoms with Gasteiger partial charge >= 0.3 is 0 Å². The molecule has 2 aromatic rings. The second kappa shape index (κ2) is 7.36. The van der Waals surface area contributed by atoms with Gasteiger partial charge in [-0.25, -0.2) is 0 Å². The van der Waals surface area contributed by atoms with Gasteiger partial charge in [0.1, 0.15) is 0 Å². The fourth-order valence-corrected chi connectivity index (χ4v) is 2.21. The number of carbonyl (C=O) groups excluding carboxylic acids is 2. The molecule has 0 aliphatic rings. The number of methoxy groups -OCH3 is 3.